The first-order valence-electron chi connectivity index (χ1n) is 2.72. The van der Waals surface area contributed by atoms with Crippen molar-refractivity contribution in [2.24, 2.45) is 0 Å². The van der Waals surface area contributed by atoms with Crippen LogP contribution in [0.3, 0.4) is 0 Å². The van der Waals surface area contributed by atoms with Crippen LogP contribution in [0, 0.1) is 0 Å². The Balaban J connectivity index is 4.16. The molecule has 0 saturated heterocycles. The normalized spacial score (nSPS) is 12.9. The number of halogens is 1. The van der Waals surface area contributed by atoms with Gasteiger partial charge in [0.05, 0.1) is 0 Å². The topological polar surface area (TPSA) is 20.2 Å². The lowest BCUT2D eigenvalue weighted by molar-refractivity contribution is 0.433. The van der Waals surface area contributed by atoms with Gasteiger partial charge in [-0.2, -0.15) is 0 Å². The van der Waals surface area contributed by atoms with E-state index in [4.69, 9.17) is 16.7 Å². The van der Waals surface area contributed by atoms with Crippen LogP contribution in [0.5, 0.6) is 0 Å². The van der Waals surface area contributed by atoms with Gasteiger partial charge in [-0.3, -0.25) is 0 Å². The molecule has 0 fully saturated rings. The molecule has 0 aliphatic carbocycles. The zero-order valence-corrected chi connectivity index (χ0v) is 6.30. The predicted molar refractivity (Wildman–Crippen MR) is 45.0 cm³/mol. The number of aliphatic hydroxyl groups excluding tert-OH is 1. The second kappa shape index (κ2) is 4.89. The summed E-state index contributed by atoms with van der Waals surface area (Å²) >= 11 is 5.52. The van der Waals surface area contributed by atoms with Gasteiger partial charge in [0.2, 0.25) is 0 Å². The van der Waals surface area contributed by atoms with Gasteiger partial charge >= 0.3 is 0 Å². The Morgan fingerprint density at radius 3 is 2.20 bits per heavy atom. The molecule has 54 valence electrons. The van der Waals surface area contributed by atoms with Crippen molar-refractivity contribution in [3.05, 3.63) is 48.3 Å². The fourth-order valence-electron chi connectivity index (χ4n) is 0.301. The van der Waals surface area contributed by atoms with Crippen molar-refractivity contribution in [3.8, 4) is 0 Å². The van der Waals surface area contributed by atoms with Gasteiger partial charge in [-0.05, 0) is 18.2 Å². The zero-order chi connectivity index (χ0) is 7.98. The van der Waals surface area contributed by atoms with Crippen LogP contribution in [-0.2, 0) is 0 Å². The van der Waals surface area contributed by atoms with E-state index in [9.17, 15) is 0 Å². The third-order valence-corrected chi connectivity index (χ3v) is 1.10. The highest BCUT2D eigenvalue weighted by molar-refractivity contribution is 6.31. The maximum atomic E-state index is 8.81. The van der Waals surface area contributed by atoms with Gasteiger partial charge < -0.3 is 5.11 Å². The Hall–Kier alpha value is -0.950. The molecular weight excluding hydrogens is 148 g/mol. The molecule has 2 heteroatoms. The molecule has 0 aromatic rings. The second-order valence-electron chi connectivity index (χ2n) is 1.55. The average Bonchev–Trinajstić information content (AvgIpc) is 1.99. The number of aliphatic hydroxyl groups is 1. The second-order valence-corrected chi connectivity index (χ2v) is 1.99. The Morgan fingerprint density at radius 2 is 1.80 bits per heavy atom. The molecule has 0 amide bonds. The highest BCUT2D eigenvalue weighted by atomic mass is 35.5. The van der Waals surface area contributed by atoms with Crippen molar-refractivity contribution in [2.45, 2.75) is 0 Å². The average molecular weight is 157 g/mol. The summed E-state index contributed by atoms with van der Waals surface area (Å²) in [6.45, 7) is 6.78. The van der Waals surface area contributed by atoms with Crippen LogP contribution in [0.1, 0.15) is 0 Å². The van der Waals surface area contributed by atoms with E-state index in [1.807, 2.05) is 0 Å². The summed E-state index contributed by atoms with van der Waals surface area (Å²) in [5.41, 5.74) is 0. The van der Waals surface area contributed by atoms with E-state index >= 15 is 0 Å². The zero-order valence-electron chi connectivity index (χ0n) is 5.55. The van der Waals surface area contributed by atoms with Gasteiger partial charge in [-0.25, -0.2) is 0 Å². The molecule has 1 nitrogen and oxygen atoms in total. The Kier molecular flexibility index (Phi) is 4.42. The first kappa shape index (κ1) is 9.05. The molecule has 10 heavy (non-hydrogen) atoms. The number of allylic oxidation sites excluding steroid dienone is 5. The monoisotopic (exact) mass is 156 g/mol. The third-order valence-electron chi connectivity index (χ3n) is 0.817. The number of rotatable bonds is 3. The van der Waals surface area contributed by atoms with Gasteiger partial charge in [0, 0.05) is 5.03 Å². The fourth-order valence-corrected chi connectivity index (χ4v) is 0.364. The van der Waals surface area contributed by atoms with Crippen LogP contribution >= 0.6 is 11.6 Å². The molecule has 0 aliphatic rings. The molecule has 0 unspecified atom stereocenters. The molecule has 0 aromatic carbocycles. The number of hydrogen-bond acceptors (Lipinski definition) is 1. The lowest BCUT2D eigenvalue weighted by Gasteiger charge is -1.85. The first-order valence-corrected chi connectivity index (χ1v) is 3.10. The summed E-state index contributed by atoms with van der Waals surface area (Å²) < 4.78 is 0. The fraction of sp³-hybridized carbons (Fsp3) is 0. The Morgan fingerprint density at radius 1 is 1.20 bits per heavy atom. The standard InChI is InChI=1S/C8H9ClO/c1-3-7(9)5-6-8(10)4-2/h3-6,10H,1-2H2/b7-5+,8-6+. The number of hydrogen-bond donors (Lipinski definition) is 1. The van der Waals surface area contributed by atoms with Crippen molar-refractivity contribution in [2.75, 3.05) is 0 Å². The minimum atomic E-state index is 0.0833. The molecule has 1 N–H and O–H groups in total. The molecule has 0 saturated carbocycles. The van der Waals surface area contributed by atoms with E-state index in [0.29, 0.717) is 5.03 Å². The van der Waals surface area contributed by atoms with Crippen molar-refractivity contribution in [3.63, 3.8) is 0 Å². The quantitative estimate of drug-likeness (QED) is 0.492. The van der Waals surface area contributed by atoms with Gasteiger partial charge in [0.15, 0.2) is 0 Å². The van der Waals surface area contributed by atoms with Crippen molar-refractivity contribution < 1.29 is 5.11 Å². The van der Waals surface area contributed by atoms with Gasteiger partial charge in [-0.15, -0.1) is 0 Å². The molecule has 0 rings (SSSR count). The van der Waals surface area contributed by atoms with E-state index < -0.39 is 0 Å². The summed E-state index contributed by atoms with van der Waals surface area (Å²) in [6.07, 6.45) is 5.78. The van der Waals surface area contributed by atoms with Gasteiger partial charge in [0.25, 0.3) is 0 Å². The minimum Gasteiger partial charge on any atom is -0.508 e. The largest absolute Gasteiger partial charge is 0.508 e. The molecule has 0 atom stereocenters. The highest BCUT2D eigenvalue weighted by Crippen LogP contribution is 2.02. The summed E-state index contributed by atoms with van der Waals surface area (Å²) in [5, 5.41) is 9.29. The highest BCUT2D eigenvalue weighted by Gasteiger charge is 1.80. The van der Waals surface area contributed by atoms with Gasteiger partial charge in [0.1, 0.15) is 5.76 Å². The smallest absolute Gasteiger partial charge is 0.115 e. The third kappa shape index (κ3) is 3.98. The SMILES string of the molecule is C=C/C(O)=C\C=C(\Cl)C=C. The summed E-state index contributed by atoms with van der Waals surface area (Å²) in [4.78, 5) is 0. The maximum Gasteiger partial charge on any atom is 0.115 e. The Bertz CT molecular complexity index is 167. The van der Waals surface area contributed by atoms with Crippen LogP contribution in [0.2, 0.25) is 0 Å². The molecule has 0 heterocycles. The summed E-state index contributed by atoms with van der Waals surface area (Å²) in [5.74, 6) is 0.0833. The van der Waals surface area contributed by atoms with Crippen LogP contribution in [-0.4, -0.2) is 5.11 Å². The first-order chi connectivity index (χ1) is 4.70. The maximum absolute atomic E-state index is 8.81. The molecule has 0 aromatic heterocycles. The van der Waals surface area contributed by atoms with E-state index in [-0.39, 0.29) is 5.76 Å². The van der Waals surface area contributed by atoms with E-state index in [0.717, 1.165) is 0 Å². The van der Waals surface area contributed by atoms with Crippen LogP contribution in [0.15, 0.2) is 48.3 Å². The lowest BCUT2D eigenvalue weighted by atomic mass is 10.4. The van der Waals surface area contributed by atoms with Crippen LogP contribution in [0.4, 0.5) is 0 Å². The van der Waals surface area contributed by atoms with Crippen molar-refractivity contribution in [1.29, 1.82) is 0 Å². The molecule has 0 spiro atoms. The summed E-state index contributed by atoms with van der Waals surface area (Å²) in [7, 11) is 0. The summed E-state index contributed by atoms with van der Waals surface area (Å²) in [6, 6.07) is 0. The molecule has 0 bridgehead atoms. The van der Waals surface area contributed by atoms with Crippen LogP contribution < -0.4 is 0 Å². The van der Waals surface area contributed by atoms with Crippen molar-refractivity contribution >= 4 is 11.6 Å². The predicted octanol–water partition coefficient (Wildman–Crippen LogP) is 2.92. The molecular formula is C8H9ClO. The minimum absolute atomic E-state index is 0.0833. The molecule has 0 aliphatic heterocycles. The van der Waals surface area contributed by atoms with E-state index in [1.165, 1.54) is 24.3 Å². The van der Waals surface area contributed by atoms with Crippen LogP contribution in [0.25, 0.3) is 0 Å². The Labute approximate surface area is 65.6 Å². The molecule has 0 radical (unpaired) electrons. The van der Waals surface area contributed by atoms with E-state index in [1.54, 1.807) is 0 Å². The lowest BCUT2D eigenvalue weighted by Crippen LogP contribution is -1.69. The van der Waals surface area contributed by atoms with E-state index in [2.05, 4.69) is 13.2 Å². The van der Waals surface area contributed by atoms with Gasteiger partial charge in [-0.1, -0.05) is 30.8 Å². The van der Waals surface area contributed by atoms with Crippen molar-refractivity contribution in [1.82, 2.24) is 0 Å².